The van der Waals surface area contributed by atoms with Crippen molar-refractivity contribution in [1.29, 1.82) is 0 Å². The molecule has 41 heavy (non-hydrogen) atoms. The maximum absolute atomic E-state index is 2.63. The van der Waals surface area contributed by atoms with Gasteiger partial charge in [-0.25, -0.2) is 0 Å². The van der Waals surface area contributed by atoms with Gasteiger partial charge in [0.2, 0.25) is 0 Å². The number of hydrogen-bond donors (Lipinski definition) is 0. The molecular formula is C36H26Se5. The number of rotatable bonds is 10. The van der Waals surface area contributed by atoms with Crippen molar-refractivity contribution in [3.05, 3.63) is 158 Å². The topological polar surface area (TPSA) is 0 Å². The first-order chi connectivity index (χ1) is 20.3. The molecule has 0 bridgehead atoms. The van der Waals surface area contributed by atoms with Crippen LogP contribution in [-0.4, -0.2) is 74.8 Å². The molecule has 6 aromatic carbocycles. The van der Waals surface area contributed by atoms with E-state index in [-0.39, 0.29) is 74.8 Å². The quantitative estimate of drug-likeness (QED) is 0.170. The average molecular weight is 853 g/mol. The van der Waals surface area contributed by atoms with E-state index in [9.17, 15) is 0 Å². The van der Waals surface area contributed by atoms with Crippen molar-refractivity contribution < 1.29 is 0 Å². The Morgan fingerprint density at radius 3 is 0.780 bits per heavy atom. The summed E-state index contributed by atoms with van der Waals surface area (Å²) in [7, 11) is 0. The van der Waals surface area contributed by atoms with Crippen molar-refractivity contribution in [2.75, 3.05) is 0 Å². The Morgan fingerprint density at radius 2 is 0.488 bits per heavy atom. The summed E-state index contributed by atoms with van der Waals surface area (Å²) in [6.45, 7) is 0. The fourth-order valence-electron chi connectivity index (χ4n) is 4.06. The third kappa shape index (κ3) is 8.06. The van der Waals surface area contributed by atoms with Crippen LogP contribution in [0, 0.1) is 0 Å². The Hall–Kier alpha value is -2.08. The molecule has 6 rings (SSSR count). The zero-order valence-corrected chi connectivity index (χ0v) is 30.6. The summed E-state index contributed by atoms with van der Waals surface area (Å²) in [5, 5.41) is 0. The molecule has 200 valence electrons. The number of hydrogen-bond acceptors (Lipinski definition) is 0. The second-order valence-corrected chi connectivity index (χ2v) is 20.4. The van der Waals surface area contributed by atoms with Crippen molar-refractivity contribution in [3.63, 3.8) is 0 Å². The molecule has 0 unspecified atom stereocenters. The van der Waals surface area contributed by atoms with Crippen molar-refractivity contribution >= 4 is 119 Å². The number of benzene rings is 6. The SMILES string of the molecule is c1ccc([Se]c2cc([Se]c3ccccc3)c([Se]c3ccccc3)c([Se]c3ccccc3)c2[Se]c2ccccc2)cc1. The van der Waals surface area contributed by atoms with E-state index in [4.69, 9.17) is 0 Å². The summed E-state index contributed by atoms with van der Waals surface area (Å²) in [5.41, 5.74) is 0. The second-order valence-electron chi connectivity index (χ2n) is 8.94. The van der Waals surface area contributed by atoms with Crippen LogP contribution < -0.4 is 44.6 Å². The standard InChI is InChI=1S/C36H26Se5/c1-6-16-27(17-7-1)37-32-26-33(38-28-18-8-2-9-19-28)35(40-30-22-12-4-13-23-30)36(41-31-24-14-5-15-25-31)34(32)39-29-20-10-3-11-21-29/h1-26H. The van der Waals surface area contributed by atoms with Gasteiger partial charge in [0.25, 0.3) is 0 Å². The van der Waals surface area contributed by atoms with Crippen LogP contribution >= 0.6 is 0 Å². The molecule has 0 spiro atoms. The van der Waals surface area contributed by atoms with Crippen LogP contribution in [0.5, 0.6) is 0 Å². The molecule has 0 amide bonds. The Balaban J connectivity index is 1.58. The van der Waals surface area contributed by atoms with Crippen LogP contribution in [0.25, 0.3) is 0 Å². The van der Waals surface area contributed by atoms with Crippen molar-refractivity contribution in [1.82, 2.24) is 0 Å². The predicted molar refractivity (Wildman–Crippen MR) is 184 cm³/mol. The van der Waals surface area contributed by atoms with Gasteiger partial charge in [-0.15, -0.1) is 0 Å². The fourth-order valence-corrected chi connectivity index (χ4v) is 18.6. The van der Waals surface area contributed by atoms with E-state index in [1.165, 1.54) is 22.3 Å². The van der Waals surface area contributed by atoms with Crippen LogP contribution in [0.4, 0.5) is 0 Å². The van der Waals surface area contributed by atoms with E-state index in [0.29, 0.717) is 0 Å². The molecule has 0 nitrogen and oxygen atoms in total. The zero-order valence-electron chi connectivity index (χ0n) is 22.1. The summed E-state index contributed by atoms with van der Waals surface area (Å²) in [5.74, 6) is 0. The first-order valence-corrected chi connectivity index (χ1v) is 21.7. The molecule has 6 aromatic rings. The molecule has 0 saturated carbocycles. The molecule has 0 aliphatic carbocycles. The van der Waals surface area contributed by atoms with Crippen molar-refractivity contribution in [3.8, 4) is 0 Å². The first-order valence-electron chi connectivity index (χ1n) is 13.2. The zero-order chi connectivity index (χ0) is 27.7. The van der Waals surface area contributed by atoms with E-state index < -0.39 is 0 Å². The molecular weight excluding hydrogens is 827 g/mol. The van der Waals surface area contributed by atoms with E-state index in [1.807, 2.05) is 0 Å². The molecule has 0 N–H and O–H groups in total. The van der Waals surface area contributed by atoms with E-state index in [0.717, 1.165) is 0 Å². The van der Waals surface area contributed by atoms with Gasteiger partial charge >= 0.3 is 277 Å². The third-order valence-electron chi connectivity index (χ3n) is 5.95. The van der Waals surface area contributed by atoms with Crippen LogP contribution in [0.2, 0.25) is 0 Å². The average Bonchev–Trinajstić information content (AvgIpc) is 3.03. The van der Waals surface area contributed by atoms with Crippen molar-refractivity contribution in [2.45, 2.75) is 0 Å². The van der Waals surface area contributed by atoms with Crippen LogP contribution in [0.3, 0.4) is 0 Å². The summed E-state index contributed by atoms with van der Waals surface area (Å²) in [6, 6.07) is 58.5. The molecule has 0 aliphatic heterocycles. The van der Waals surface area contributed by atoms with Gasteiger partial charge in [-0.2, -0.15) is 0 Å². The molecule has 5 heteroatoms. The van der Waals surface area contributed by atoms with E-state index >= 15 is 0 Å². The second kappa shape index (κ2) is 14.9. The monoisotopic (exact) mass is 858 g/mol. The fraction of sp³-hybridized carbons (Fsp3) is 0. The van der Waals surface area contributed by atoms with E-state index in [1.54, 1.807) is 22.3 Å². The molecule has 0 heterocycles. The summed E-state index contributed by atoms with van der Waals surface area (Å²) in [4.78, 5) is 0. The van der Waals surface area contributed by atoms with Crippen molar-refractivity contribution in [2.24, 2.45) is 0 Å². The predicted octanol–water partition coefficient (Wildman–Crippen LogP) is -0.0384. The Kier molecular flexibility index (Phi) is 10.5. The van der Waals surface area contributed by atoms with Gasteiger partial charge in [-0.1, -0.05) is 0 Å². The van der Waals surface area contributed by atoms with Crippen LogP contribution in [0.15, 0.2) is 158 Å². The molecule has 0 aliphatic rings. The van der Waals surface area contributed by atoms with Gasteiger partial charge in [-0.05, 0) is 0 Å². The molecule has 0 aromatic heterocycles. The molecule has 0 atom stereocenters. The van der Waals surface area contributed by atoms with E-state index in [2.05, 4.69) is 158 Å². The van der Waals surface area contributed by atoms with Gasteiger partial charge < -0.3 is 0 Å². The molecule has 0 saturated heterocycles. The first kappa shape index (κ1) is 29.0. The van der Waals surface area contributed by atoms with Gasteiger partial charge in [-0.3, -0.25) is 0 Å². The molecule has 0 fully saturated rings. The third-order valence-corrected chi connectivity index (χ3v) is 20.1. The van der Waals surface area contributed by atoms with Crippen LogP contribution in [0.1, 0.15) is 0 Å². The van der Waals surface area contributed by atoms with Gasteiger partial charge in [0.1, 0.15) is 0 Å². The normalized spacial score (nSPS) is 10.9. The van der Waals surface area contributed by atoms with Gasteiger partial charge in [0.05, 0.1) is 0 Å². The summed E-state index contributed by atoms with van der Waals surface area (Å²) >= 11 is 1.18. The maximum atomic E-state index is 2.63. The summed E-state index contributed by atoms with van der Waals surface area (Å²) < 4.78 is 15.3. The Labute approximate surface area is 274 Å². The molecule has 0 radical (unpaired) electrons. The minimum absolute atomic E-state index is 0.225. The van der Waals surface area contributed by atoms with Gasteiger partial charge in [0, 0.05) is 0 Å². The summed E-state index contributed by atoms with van der Waals surface area (Å²) in [6.07, 6.45) is 0. The van der Waals surface area contributed by atoms with Gasteiger partial charge in [0.15, 0.2) is 0 Å². The minimum atomic E-state index is 0.225. The van der Waals surface area contributed by atoms with Crippen LogP contribution in [-0.2, 0) is 0 Å². The Morgan fingerprint density at radius 1 is 0.244 bits per heavy atom. The Bertz CT molecular complexity index is 1570.